The lowest BCUT2D eigenvalue weighted by atomic mass is 10.0. The van der Waals surface area contributed by atoms with Gasteiger partial charge in [0.2, 0.25) is 5.91 Å². The number of likely N-dealkylation sites (tertiary alicyclic amines) is 1. The van der Waals surface area contributed by atoms with Crippen LogP contribution in [0.2, 0.25) is 0 Å². The Labute approximate surface area is 155 Å². The lowest BCUT2D eigenvalue weighted by Gasteiger charge is -2.33. The Bertz CT molecular complexity index is 603. The van der Waals surface area contributed by atoms with Crippen molar-refractivity contribution in [2.75, 3.05) is 39.4 Å². The Morgan fingerprint density at radius 2 is 1.69 bits per heavy atom. The number of nitrogens with zero attached hydrogens (tertiary/aromatic N) is 2. The molecule has 26 heavy (non-hydrogen) atoms. The maximum absolute atomic E-state index is 12.0. The van der Waals surface area contributed by atoms with Gasteiger partial charge in [-0.05, 0) is 43.4 Å². The molecule has 6 nitrogen and oxygen atoms in total. The Balaban J connectivity index is 1.35. The van der Waals surface area contributed by atoms with Crippen LogP contribution in [0.25, 0.3) is 0 Å². The number of benzene rings is 1. The van der Waals surface area contributed by atoms with E-state index in [-0.39, 0.29) is 5.91 Å². The molecule has 1 unspecified atom stereocenters. The van der Waals surface area contributed by atoms with E-state index in [2.05, 4.69) is 9.80 Å². The summed E-state index contributed by atoms with van der Waals surface area (Å²) in [4.78, 5) is 16.7. The molecule has 2 saturated heterocycles. The summed E-state index contributed by atoms with van der Waals surface area (Å²) in [6.07, 6.45) is 5.22. The molecule has 0 radical (unpaired) electrons. The van der Waals surface area contributed by atoms with Crippen molar-refractivity contribution in [1.29, 1.82) is 0 Å². The zero-order valence-corrected chi connectivity index (χ0v) is 15.3. The average molecular weight is 359 g/mol. The average Bonchev–Trinajstić information content (AvgIpc) is 3.50. The highest BCUT2D eigenvalue weighted by atomic mass is 16.5. The fourth-order valence-corrected chi connectivity index (χ4v) is 4.11. The van der Waals surface area contributed by atoms with Crippen LogP contribution < -0.4 is 10.5 Å². The molecule has 0 aromatic heterocycles. The van der Waals surface area contributed by atoms with Crippen LogP contribution in [0.1, 0.15) is 37.3 Å². The van der Waals surface area contributed by atoms with Crippen LogP contribution in [0.3, 0.4) is 0 Å². The van der Waals surface area contributed by atoms with Crippen molar-refractivity contribution in [2.45, 2.75) is 43.9 Å². The van der Waals surface area contributed by atoms with Gasteiger partial charge in [0.1, 0.15) is 17.9 Å². The van der Waals surface area contributed by atoms with Crippen molar-refractivity contribution in [3.05, 3.63) is 29.8 Å². The molecule has 4 rings (SSSR count). The normalized spacial score (nSPS) is 24.3. The Hall–Kier alpha value is -1.63. The third kappa shape index (κ3) is 4.19. The molecule has 1 atom stereocenters. The van der Waals surface area contributed by atoms with Crippen LogP contribution in [-0.2, 0) is 9.53 Å². The van der Waals surface area contributed by atoms with E-state index in [4.69, 9.17) is 15.2 Å². The van der Waals surface area contributed by atoms with Gasteiger partial charge < -0.3 is 20.1 Å². The Kier molecular flexibility index (Phi) is 5.43. The first-order chi connectivity index (χ1) is 12.7. The molecule has 3 aliphatic rings. The number of hydrogen-bond acceptors (Lipinski definition) is 5. The SMILES string of the molecule is NC(=O)C(c1ccc(OC2CCN(C3CC3)CC2)cc1)N1CCOCC1. The largest absolute Gasteiger partial charge is 0.490 e. The molecule has 2 N–H and O–H groups in total. The van der Waals surface area contributed by atoms with E-state index < -0.39 is 6.04 Å². The summed E-state index contributed by atoms with van der Waals surface area (Å²) in [5, 5.41) is 0. The molecule has 1 amide bonds. The van der Waals surface area contributed by atoms with Gasteiger partial charge >= 0.3 is 0 Å². The molecule has 1 aliphatic carbocycles. The van der Waals surface area contributed by atoms with Crippen molar-refractivity contribution in [1.82, 2.24) is 9.80 Å². The quantitative estimate of drug-likeness (QED) is 0.835. The fourth-order valence-electron chi connectivity index (χ4n) is 4.11. The molecular formula is C20H29N3O3. The number of morpholine rings is 1. The number of primary amides is 1. The monoisotopic (exact) mass is 359 g/mol. The van der Waals surface area contributed by atoms with E-state index in [0.29, 0.717) is 19.3 Å². The maximum atomic E-state index is 12.0. The smallest absolute Gasteiger partial charge is 0.239 e. The summed E-state index contributed by atoms with van der Waals surface area (Å²) in [5.74, 6) is 0.567. The summed E-state index contributed by atoms with van der Waals surface area (Å²) < 4.78 is 11.5. The van der Waals surface area contributed by atoms with Crippen LogP contribution in [0.5, 0.6) is 5.75 Å². The summed E-state index contributed by atoms with van der Waals surface area (Å²) in [5.41, 5.74) is 6.60. The highest BCUT2D eigenvalue weighted by molar-refractivity contribution is 5.81. The first kappa shape index (κ1) is 17.8. The number of hydrogen-bond donors (Lipinski definition) is 1. The number of rotatable bonds is 6. The number of ether oxygens (including phenoxy) is 2. The van der Waals surface area contributed by atoms with Gasteiger partial charge in [-0.2, -0.15) is 0 Å². The van der Waals surface area contributed by atoms with Gasteiger partial charge in [0.15, 0.2) is 0 Å². The van der Waals surface area contributed by atoms with E-state index >= 15 is 0 Å². The molecule has 0 spiro atoms. The predicted octanol–water partition coefficient (Wildman–Crippen LogP) is 1.55. The minimum absolute atomic E-state index is 0.294. The second-order valence-corrected chi connectivity index (χ2v) is 7.61. The minimum atomic E-state index is -0.394. The molecular weight excluding hydrogens is 330 g/mol. The number of nitrogens with two attached hydrogens (primary N) is 1. The fraction of sp³-hybridized carbons (Fsp3) is 0.650. The second-order valence-electron chi connectivity index (χ2n) is 7.61. The van der Waals surface area contributed by atoms with Crippen molar-refractivity contribution in [3.63, 3.8) is 0 Å². The number of carbonyl (C=O) groups is 1. The Morgan fingerprint density at radius 1 is 1.04 bits per heavy atom. The number of amides is 1. The molecule has 2 heterocycles. The van der Waals surface area contributed by atoms with Gasteiger partial charge in [0.05, 0.1) is 13.2 Å². The highest BCUT2D eigenvalue weighted by Gasteiger charge is 2.32. The lowest BCUT2D eigenvalue weighted by Crippen LogP contribution is -2.44. The zero-order chi connectivity index (χ0) is 17.9. The van der Waals surface area contributed by atoms with Crippen LogP contribution in [0.15, 0.2) is 24.3 Å². The van der Waals surface area contributed by atoms with E-state index in [9.17, 15) is 4.79 Å². The topological polar surface area (TPSA) is 68.0 Å². The van der Waals surface area contributed by atoms with Crippen molar-refractivity contribution in [3.8, 4) is 5.75 Å². The molecule has 1 saturated carbocycles. The van der Waals surface area contributed by atoms with Gasteiger partial charge in [0, 0.05) is 32.2 Å². The molecule has 0 bridgehead atoms. The van der Waals surface area contributed by atoms with E-state index in [1.807, 2.05) is 24.3 Å². The zero-order valence-electron chi connectivity index (χ0n) is 15.3. The summed E-state index contributed by atoms with van der Waals surface area (Å²) in [7, 11) is 0. The third-order valence-electron chi connectivity index (χ3n) is 5.72. The third-order valence-corrected chi connectivity index (χ3v) is 5.72. The van der Waals surface area contributed by atoms with Crippen molar-refractivity contribution < 1.29 is 14.3 Å². The van der Waals surface area contributed by atoms with Gasteiger partial charge in [0.25, 0.3) is 0 Å². The molecule has 6 heteroatoms. The molecule has 2 aliphatic heterocycles. The molecule has 142 valence electrons. The van der Waals surface area contributed by atoms with Crippen LogP contribution in [0.4, 0.5) is 0 Å². The summed E-state index contributed by atoms with van der Waals surface area (Å²) >= 11 is 0. The first-order valence-corrected chi connectivity index (χ1v) is 9.82. The molecule has 1 aromatic carbocycles. The first-order valence-electron chi connectivity index (χ1n) is 9.82. The predicted molar refractivity (Wildman–Crippen MR) is 99.0 cm³/mol. The lowest BCUT2D eigenvalue weighted by molar-refractivity contribution is -0.125. The van der Waals surface area contributed by atoms with Gasteiger partial charge in [-0.3, -0.25) is 9.69 Å². The number of piperidine rings is 1. The second kappa shape index (κ2) is 7.94. The maximum Gasteiger partial charge on any atom is 0.239 e. The minimum Gasteiger partial charge on any atom is -0.490 e. The van der Waals surface area contributed by atoms with Crippen LogP contribution in [-0.4, -0.2) is 67.2 Å². The van der Waals surface area contributed by atoms with Gasteiger partial charge in [-0.25, -0.2) is 0 Å². The molecule has 1 aromatic rings. The Morgan fingerprint density at radius 3 is 2.27 bits per heavy atom. The summed E-state index contributed by atoms with van der Waals surface area (Å²) in [6, 6.07) is 8.34. The van der Waals surface area contributed by atoms with E-state index in [0.717, 1.165) is 56.4 Å². The van der Waals surface area contributed by atoms with Crippen molar-refractivity contribution in [2.24, 2.45) is 5.73 Å². The van der Waals surface area contributed by atoms with E-state index in [1.165, 1.54) is 12.8 Å². The van der Waals surface area contributed by atoms with Gasteiger partial charge in [-0.15, -0.1) is 0 Å². The summed E-state index contributed by atoms with van der Waals surface area (Å²) in [6.45, 7) is 5.04. The van der Waals surface area contributed by atoms with Crippen molar-refractivity contribution >= 4 is 5.91 Å². The van der Waals surface area contributed by atoms with E-state index in [1.54, 1.807) is 0 Å². The van der Waals surface area contributed by atoms with Crippen LogP contribution >= 0.6 is 0 Å². The number of carbonyl (C=O) groups excluding carboxylic acids is 1. The standard InChI is InChI=1S/C20H29N3O3/c21-20(24)19(23-11-13-25-14-12-23)15-1-5-17(6-2-15)26-18-7-9-22(10-8-18)16-3-4-16/h1-2,5-6,16,18-19H,3-4,7-14H2,(H2,21,24). The molecule has 3 fully saturated rings. The van der Waals surface area contributed by atoms with Gasteiger partial charge in [-0.1, -0.05) is 12.1 Å². The highest BCUT2D eigenvalue weighted by Crippen LogP contribution is 2.30. The van der Waals surface area contributed by atoms with Crippen LogP contribution in [0, 0.1) is 0 Å².